The molecule has 0 bridgehead atoms. The van der Waals surface area contributed by atoms with E-state index in [1.54, 1.807) is 7.11 Å². The van der Waals surface area contributed by atoms with E-state index in [1.165, 1.54) is 11.1 Å². The second-order valence-corrected chi connectivity index (χ2v) is 7.09. The molecular formula is C22H31NO3. The minimum absolute atomic E-state index is 0.367. The molecule has 1 N–H and O–H groups in total. The van der Waals surface area contributed by atoms with Crippen molar-refractivity contribution in [1.29, 1.82) is 0 Å². The van der Waals surface area contributed by atoms with Gasteiger partial charge in [0.05, 0.1) is 19.8 Å². The zero-order chi connectivity index (χ0) is 18.8. The molecule has 4 nitrogen and oxygen atoms in total. The number of aliphatic hydroxyl groups is 1. The maximum Gasteiger partial charge on any atom is 0.118 e. The van der Waals surface area contributed by atoms with Crippen LogP contribution in [-0.4, -0.2) is 43.0 Å². The summed E-state index contributed by atoms with van der Waals surface area (Å²) >= 11 is 0. The van der Waals surface area contributed by atoms with Crippen LogP contribution in [0.15, 0.2) is 54.6 Å². The molecule has 142 valence electrons. The van der Waals surface area contributed by atoms with Crippen LogP contribution in [0, 0.1) is 5.92 Å². The van der Waals surface area contributed by atoms with E-state index >= 15 is 0 Å². The molecule has 0 aliphatic heterocycles. The van der Waals surface area contributed by atoms with E-state index in [0.29, 0.717) is 25.7 Å². The number of methoxy groups -OCH3 is 1. The molecule has 2 aromatic carbocycles. The maximum absolute atomic E-state index is 10.4. The molecule has 26 heavy (non-hydrogen) atoms. The lowest BCUT2D eigenvalue weighted by atomic mass is 10.1. The number of benzene rings is 2. The van der Waals surface area contributed by atoms with Gasteiger partial charge in [0.25, 0.3) is 0 Å². The highest BCUT2D eigenvalue weighted by Gasteiger charge is 2.14. The van der Waals surface area contributed by atoms with Crippen molar-refractivity contribution < 1.29 is 14.6 Å². The average Bonchev–Trinajstić information content (AvgIpc) is 2.63. The minimum atomic E-state index is -0.504. The summed E-state index contributed by atoms with van der Waals surface area (Å²) in [5.74, 6) is 1.33. The van der Waals surface area contributed by atoms with Crippen molar-refractivity contribution in [3.63, 3.8) is 0 Å². The van der Waals surface area contributed by atoms with Gasteiger partial charge in [-0.3, -0.25) is 4.90 Å². The Kier molecular flexibility index (Phi) is 8.62. The molecule has 1 atom stereocenters. The third-order valence-corrected chi connectivity index (χ3v) is 4.04. The quantitative estimate of drug-likeness (QED) is 0.665. The Morgan fingerprint density at radius 3 is 2.08 bits per heavy atom. The van der Waals surface area contributed by atoms with E-state index in [1.807, 2.05) is 30.3 Å². The van der Waals surface area contributed by atoms with Gasteiger partial charge in [-0.1, -0.05) is 56.3 Å². The van der Waals surface area contributed by atoms with Crippen LogP contribution in [0.5, 0.6) is 5.75 Å². The van der Waals surface area contributed by atoms with Crippen LogP contribution in [0.25, 0.3) is 0 Å². The molecule has 0 aromatic heterocycles. The van der Waals surface area contributed by atoms with Gasteiger partial charge in [-0.15, -0.1) is 0 Å². The second-order valence-electron chi connectivity index (χ2n) is 7.09. The third-order valence-electron chi connectivity index (χ3n) is 4.04. The summed E-state index contributed by atoms with van der Waals surface area (Å²) < 4.78 is 10.8. The van der Waals surface area contributed by atoms with E-state index in [0.717, 1.165) is 18.8 Å². The monoisotopic (exact) mass is 357 g/mol. The smallest absolute Gasteiger partial charge is 0.118 e. The number of rotatable bonds is 11. The van der Waals surface area contributed by atoms with Gasteiger partial charge in [-0.2, -0.15) is 0 Å². The highest BCUT2D eigenvalue weighted by atomic mass is 16.5. The lowest BCUT2D eigenvalue weighted by Crippen LogP contribution is -2.34. The van der Waals surface area contributed by atoms with E-state index in [9.17, 15) is 5.11 Å². The lowest BCUT2D eigenvalue weighted by Gasteiger charge is -2.25. The van der Waals surface area contributed by atoms with Crippen LogP contribution >= 0.6 is 0 Å². The molecule has 0 spiro atoms. The first kappa shape index (κ1) is 20.4. The Hall–Kier alpha value is -1.88. The second kappa shape index (κ2) is 11.0. The molecule has 0 amide bonds. The molecule has 0 heterocycles. The first-order chi connectivity index (χ1) is 12.6. The molecule has 0 aliphatic rings. The lowest BCUT2D eigenvalue weighted by molar-refractivity contribution is 0.00554. The summed E-state index contributed by atoms with van der Waals surface area (Å²) in [7, 11) is 1.67. The van der Waals surface area contributed by atoms with Crippen LogP contribution in [-0.2, 0) is 17.8 Å². The van der Waals surface area contributed by atoms with Crippen molar-refractivity contribution in [2.75, 3.05) is 26.9 Å². The van der Waals surface area contributed by atoms with Gasteiger partial charge in [-0.05, 0) is 29.2 Å². The molecular weight excluding hydrogens is 326 g/mol. The standard InChI is InChI=1S/C22H31NO3/c1-18(2)16-26-17-21(24)15-23(13-19-7-5-4-6-8-19)14-20-9-11-22(25-3)12-10-20/h4-12,18,21,24H,13-17H2,1-3H3. The Bertz CT molecular complexity index is 613. The first-order valence-corrected chi connectivity index (χ1v) is 9.22. The van der Waals surface area contributed by atoms with Crippen molar-refractivity contribution in [2.24, 2.45) is 5.92 Å². The average molecular weight is 357 g/mol. The van der Waals surface area contributed by atoms with E-state index in [2.05, 4.69) is 43.0 Å². The number of ether oxygens (including phenoxy) is 2. The molecule has 0 radical (unpaired) electrons. The summed E-state index contributed by atoms with van der Waals surface area (Å²) in [6.45, 7) is 7.38. The number of aliphatic hydroxyl groups excluding tert-OH is 1. The summed E-state index contributed by atoms with van der Waals surface area (Å²) in [5.41, 5.74) is 2.42. The Labute approximate surface area is 157 Å². The normalized spacial score (nSPS) is 12.5. The van der Waals surface area contributed by atoms with Gasteiger partial charge < -0.3 is 14.6 Å². The van der Waals surface area contributed by atoms with Crippen LogP contribution in [0.4, 0.5) is 0 Å². The molecule has 0 saturated heterocycles. The molecule has 0 fully saturated rings. The van der Waals surface area contributed by atoms with Crippen LogP contribution < -0.4 is 4.74 Å². The van der Waals surface area contributed by atoms with Crippen molar-refractivity contribution in [3.05, 3.63) is 65.7 Å². The Morgan fingerprint density at radius 2 is 1.50 bits per heavy atom. The molecule has 2 rings (SSSR count). The van der Waals surface area contributed by atoms with E-state index < -0.39 is 6.10 Å². The van der Waals surface area contributed by atoms with Crippen molar-refractivity contribution in [2.45, 2.75) is 33.0 Å². The predicted octanol–water partition coefficient (Wildman–Crippen LogP) is 3.73. The van der Waals surface area contributed by atoms with Gasteiger partial charge in [0.15, 0.2) is 0 Å². The van der Waals surface area contributed by atoms with Crippen molar-refractivity contribution in [1.82, 2.24) is 4.90 Å². The zero-order valence-electron chi connectivity index (χ0n) is 16.1. The van der Waals surface area contributed by atoms with E-state index in [-0.39, 0.29) is 0 Å². The SMILES string of the molecule is COc1ccc(CN(Cc2ccccc2)CC(O)COCC(C)C)cc1. The largest absolute Gasteiger partial charge is 0.497 e. The number of hydrogen-bond donors (Lipinski definition) is 1. The van der Waals surface area contributed by atoms with Crippen LogP contribution in [0.2, 0.25) is 0 Å². The molecule has 1 unspecified atom stereocenters. The molecule has 0 aliphatic carbocycles. The zero-order valence-corrected chi connectivity index (χ0v) is 16.1. The van der Waals surface area contributed by atoms with E-state index in [4.69, 9.17) is 9.47 Å². The Balaban J connectivity index is 1.98. The van der Waals surface area contributed by atoms with Gasteiger partial charge in [0.2, 0.25) is 0 Å². The summed E-state index contributed by atoms with van der Waals surface area (Å²) in [6.07, 6.45) is -0.504. The van der Waals surface area contributed by atoms with Gasteiger partial charge >= 0.3 is 0 Å². The number of nitrogens with zero attached hydrogens (tertiary/aromatic N) is 1. The first-order valence-electron chi connectivity index (χ1n) is 9.22. The molecule has 4 heteroatoms. The topological polar surface area (TPSA) is 41.9 Å². The van der Waals surface area contributed by atoms with Crippen molar-refractivity contribution in [3.8, 4) is 5.75 Å². The fourth-order valence-corrected chi connectivity index (χ4v) is 2.81. The van der Waals surface area contributed by atoms with Crippen LogP contribution in [0.1, 0.15) is 25.0 Å². The minimum Gasteiger partial charge on any atom is -0.497 e. The molecule has 0 saturated carbocycles. The highest BCUT2D eigenvalue weighted by Crippen LogP contribution is 2.15. The third kappa shape index (κ3) is 7.56. The molecule has 2 aromatic rings. The van der Waals surface area contributed by atoms with Crippen LogP contribution in [0.3, 0.4) is 0 Å². The fourth-order valence-electron chi connectivity index (χ4n) is 2.81. The number of hydrogen-bond acceptors (Lipinski definition) is 4. The maximum atomic E-state index is 10.4. The van der Waals surface area contributed by atoms with Crippen molar-refractivity contribution >= 4 is 0 Å². The fraction of sp³-hybridized carbons (Fsp3) is 0.455. The summed E-state index contributed by atoms with van der Waals surface area (Å²) in [5, 5.41) is 10.4. The highest BCUT2D eigenvalue weighted by molar-refractivity contribution is 5.27. The van der Waals surface area contributed by atoms with Gasteiger partial charge in [0, 0.05) is 26.2 Å². The Morgan fingerprint density at radius 1 is 0.885 bits per heavy atom. The van der Waals surface area contributed by atoms with Gasteiger partial charge in [-0.25, -0.2) is 0 Å². The summed E-state index contributed by atoms with van der Waals surface area (Å²) in [6, 6.07) is 18.4. The predicted molar refractivity (Wildman–Crippen MR) is 105 cm³/mol. The summed E-state index contributed by atoms with van der Waals surface area (Å²) in [4.78, 5) is 2.25. The van der Waals surface area contributed by atoms with Gasteiger partial charge in [0.1, 0.15) is 5.75 Å².